The monoisotopic (exact) mass is 530 g/mol. The second-order valence-electron chi connectivity index (χ2n) is 6.02. The maximum absolute atomic E-state index is 13.7. The minimum absolute atomic E-state index is 0. The average Bonchev–Trinajstić information content (AvgIpc) is 2.46. The molecule has 0 aliphatic carbocycles. The molecule has 0 heterocycles. The second kappa shape index (κ2) is 11.5. The third kappa shape index (κ3) is 10.5. The third-order valence-electron chi connectivity index (χ3n) is 2.77. The highest BCUT2D eigenvalue weighted by atomic mass is 127. The largest absolute Gasteiger partial charge is 0.444 e. The first kappa shape index (κ1) is 23.9. The van der Waals surface area contributed by atoms with Crippen LogP contribution in [0.2, 0.25) is 0 Å². The summed E-state index contributed by atoms with van der Waals surface area (Å²) in [7, 11) is 1.62. The number of hydrogen-bond donors (Lipinski definition) is 3. The van der Waals surface area contributed by atoms with E-state index in [4.69, 9.17) is 4.74 Å². The number of benzene rings is 1. The van der Waals surface area contributed by atoms with Crippen LogP contribution in [0.4, 0.5) is 9.18 Å². The molecule has 0 radical (unpaired) electrons. The molecule has 0 fully saturated rings. The summed E-state index contributed by atoms with van der Waals surface area (Å²) < 4.78 is 19.6. The molecule has 6 nitrogen and oxygen atoms in total. The van der Waals surface area contributed by atoms with Crippen molar-refractivity contribution in [1.82, 2.24) is 16.0 Å². The molecule has 142 valence electrons. The molecule has 25 heavy (non-hydrogen) atoms. The molecule has 0 bridgehead atoms. The molecule has 1 aromatic carbocycles. The smallest absolute Gasteiger partial charge is 0.407 e. The Bertz CT molecular complexity index is 594. The lowest BCUT2D eigenvalue weighted by molar-refractivity contribution is 0.0529. The number of carbonyl (C=O) groups is 1. The first-order valence-corrected chi connectivity index (χ1v) is 8.36. The number of halogens is 3. The topological polar surface area (TPSA) is 74.8 Å². The first-order chi connectivity index (χ1) is 11.2. The van der Waals surface area contributed by atoms with Gasteiger partial charge in [-0.25, -0.2) is 9.18 Å². The predicted molar refractivity (Wildman–Crippen MR) is 112 cm³/mol. The standard InChI is InChI=1S/C16H24BrFN4O2.HI/c1-16(2,3)24-15(23)21-8-7-20-14(19-4)22-10-11-5-6-12(17)9-13(11)18;/h5-6,9H,7-8,10H2,1-4H3,(H,21,23)(H2,19,20,22);1H. The van der Waals surface area contributed by atoms with E-state index in [1.807, 2.05) is 0 Å². The molecule has 1 amide bonds. The van der Waals surface area contributed by atoms with Gasteiger partial charge in [-0.1, -0.05) is 22.0 Å². The number of rotatable bonds is 5. The zero-order valence-corrected chi connectivity index (χ0v) is 18.7. The maximum atomic E-state index is 13.7. The van der Waals surface area contributed by atoms with Gasteiger partial charge in [0.1, 0.15) is 11.4 Å². The Morgan fingerprint density at radius 2 is 1.88 bits per heavy atom. The zero-order chi connectivity index (χ0) is 18.2. The van der Waals surface area contributed by atoms with E-state index < -0.39 is 11.7 Å². The molecule has 3 N–H and O–H groups in total. The summed E-state index contributed by atoms with van der Waals surface area (Å²) in [6, 6.07) is 4.89. The highest BCUT2D eigenvalue weighted by molar-refractivity contribution is 14.0. The van der Waals surface area contributed by atoms with Gasteiger partial charge in [0, 0.05) is 36.7 Å². The van der Waals surface area contributed by atoms with Crippen LogP contribution in [-0.2, 0) is 11.3 Å². The van der Waals surface area contributed by atoms with Crippen molar-refractivity contribution >= 4 is 52.0 Å². The van der Waals surface area contributed by atoms with E-state index in [-0.39, 0.29) is 29.8 Å². The van der Waals surface area contributed by atoms with Crippen molar-refractivity contribution < 1.29 is 13.9 Å². The Hall–Kier alpha value is -1.10. The van der Waals surface area contributed by atoms with Crippen molar-refractivity contribution in [3.63, 3.8) is 0 Å². The Labute approximate surface area is 173 Å². The van der Waals surface area contributed by atoms with E-state index in [1.54, 1.807) is 40.0 Å². The summed E-state index contributed by atoms with van der Waals surface area (Å²) in [4.78, 5) is 15.5. The van der Waals surface area contributed by atoms with Crippen LogP contribution in [0.1, 0.15) is 26.3 Å². The molecular formula is C16H25BrFIN4O2. The molecule has 0 atom stereocenters. The quantitative estimate of drug-likeness (QED) is 0.236. The van der Waals surface area contributed by atoms with Crippen LogP contribution < -0.4 is 16.0 Å². The summed E-state index contributed by atoms with van der Waals surface area (Å²) in [6.07, 6.45) is -0.468. The van der Waals surface area contributed by atoms with Crippen LogP contribution in [0.15, 0.2) is 27.7 Å². The van der Waals surface area contributed by atoms with Crippen LogP contribution in [0.5, 0.6) is 0 Å². The Kier molecular flexibility index (Phi) is 11.0. The van der Waals surface area contributed by atoms with Gasteiger partial charge in [0.05, 0.1) is 0 Å². The van der Waals surface area contributed by atoms with Crippen LogP contribution in [-0.4, -0.2) is 37.8 Å². The highest BCUT2D eigenvalue weighted by Gasteiger charge is 2.15. The SMILES string of the molecule is CN=C(NCCNC(=O)OC(C)(C)C)NCc1ccc(Br)cc1F.I. The number of guanidine groups is 1. The number of hydrogen-bond acceptors (Lipinski definition) is 3. The van der Waals surface area contributed by atoms with Gasteiger partial charge in [0.2, 0.25) is 0 Å². The van der Waals surface area contributed by atoms with Gasteiger partial charge >= 0.3 is 6.09 Å². The summed E-state index contributed by atoms with van der Waals surface area (Å²) in [5.74, 6) is 0.224. The number of aliphatic imine (C=N–C) groups is 1. The lowest BCUT2D eigenvalue weighted by Crippen LogP contribution is -2.42. The van der Waals surface area contributed by atoms with Gasteiger partial charge in [-0.05, 0) is 32.9 Å². The number of nitrogens with one attached hydrogen (secondary N) is 3. The first-order valence-electron chi connectivity index (χ1n) is 7.56. The summed E-state index contributed by atoms with van der Waals surface area (Å²) >= 11 is 3.22. The molecular weight excluding hydrogens is 506 g/mol. The lowest BCUT2D eigenvalue weighted by Gasteiger charge is -2.20. The van der Waals surface area contributed by atoms with Crippen LogP contribution in [0, 0.1) is 5.82 Å². The van der Waals surface area contributed by atoms with E-state index in [0.717, 1.165) is 0 Å². The van der Waals surface area contributed by atoms with E-state index >= 15 is 0 Å². The molecule has 0 unspecified atom stereocenters. The Morgan fingerprint density at radius 1 is 1.24 bits per heavy atom. The fourth-order valence-electron chi connectivity index (χ4n) is 1.72. The van der Waals surface area contributed by atoms with Crippen molar-refractivity contribution in [2.45, 2.75) is 32.9 Å². The molecule has 0 aliphatic heterocycles. The fraction of sp³-hybridized carbons (Fsp3) is 0.500. The summed E-state index contributed by atoms with van der Waals surface area (Å²) in [5.41, 5.74) is 0.0113. The fourth-order valence-corrected chi connectivity index (χ4v) is 2.06. The average molecular weight is 531 g/mol. The van der Waals surface area contributed by atoms with Gasteiger partial charge < -0.3 is 20.7 Å². The molecule has 1 rings (SSSR count). The molecule has 0 saturated heterocycles. The highest BCUT2D eigenvalue weighted by Crippen LogP contribution is 2.14. The lowest BCUT2D eigenvalue weighted by atomic mass is 10.2. The molecule has 0 spiro atoms. The summed E-state index contributed by atoms with van der Waals surface area (Å²) in [6.45, 7) is 6.55. The number of carbonyl (C=O) groups excluding carboxylic acids is 1. The second-order valence-corrected chi connectivity index (χ2v) is 6.93. The normalized spacial score (nSPS) is 11.4. The number of ether oxygens (including phenoxy) is 1. The zero-order valence-electron chi connectivity index (χ0n) is 14.8. The Morgan fingerprint density at radius 3 is 2.44 bits per heavy atom. The molecule has 0 aliphatic rings. The van der Waals surface area contributed by atoms with E-state index in [1.165, 1.54) is 6.07 Å². The van der Waals surface area contributed by atoms with Crippen LogP contribution >= 0.6 is 39.9 Å². The van der Waals surface area contributed by atoms with Crippen molar-refractivity contribution in [3.8, 4) is 0 Å². The van der Waals surface area contributed by atoms with Crippen molar-refractivity contribution in [2.24, 2.45) is 4.99 Å². The van der Waals surface area contributed by atoms with E-state index in [9.17, 15) is 9.18 Å². The predicted octanol–water partition coefficient (Wildman–Crippen LogP) is 3.40. The number of alkyl carbamates (subject to hydrolysis) is 1. The number of nitrogens with zero attached hydrogens (tertiary/aromatic N) is 1. The van der Waals surface area contributed by atoms with Gasteiger partial charge in [-0.3, -0.25) is 4.99 Å². The van der Waals surface area contributed by atoms with Gasteiger partial charge in [-0.2, -0.15) is 0 Å². The Balaban J connectivity index is 0.00000576. The van der Waals surface area contributed by atoms with Gasteiger partial charge in [-0.15, -0.1) is 24.0 Å². The van der Waals surface area contributed by atoms with Crippen molar-refractivity contribution in [2.75, 3.05) is 20.1 Å². The molecule has 9 heteroatoms. The minimum atomic E-state index is -0.524. The maximum Gasteiger partial charge on any atom is 0.407 e. The van der Waals surface area contributed by atoms with Crippen molar-refractivity contribution in [3.05, 3.63) is 34.1 Å². The minimum Gasteiger partial charge on any atom is -0.444 e. The van der Waals surface area contributed by atoms with Crippen molar-refractivity contribution in [1.29, 1.82) is 0 Å². The van der Waals surface area contributed by atoms with Crippen LogP contribution in [0.25, 0.3) is 0 Å². The van der Waals surface area contributed by atoms with Gasteiger partial charge in [0.15, 0.2) is 5.96 Å². The summed E-state index contributed by atoms with van der Waals surface area (Å²) in [5, 5.41) is 8.67. The molecule has 0 saturated carbocycles. The molecule has 0 aromatic heterocycles. The van der Waals surface area contributed by atoms with Crippen LogP contribution in [0.3, 0.4) is 0 Å². The third-order valence-corrected chi connectivity index (χ3v) is 3.26. The van der Waals surface area contributed by atoms with E-state index in [2.05, 4.69) is 36.9 Å². The van der Waals surface area contributed by atoms with E-state index in [0.29, 0.717) is 35.6 Å². The molecule has 1 aromatic rings. The van der Waals surface area contributed by atoms with Gasteiger partial charge in [0.25, 0.3) is 0 Å². The number of amides is 1.